The van der Waals surface area contributed by atoms with Gasteiger partial charge in [0, 0.05) is 39.3 Å². The van der Waals surface area contributed by atoms with Crippen LogP contribution in [0.4, 0.5) is 4.79 Å². The third-order valence-corrected chi connectivity index (χ3v) is 5.22. The molecule has 2 rings (SSSR count). The van der Waals surface area contributed by atoms with E-state index in [2.05, 4.69) is 0 Å². The third kappa shape index (κ3) is 3.85. The van der Waals surface area contributed by atoms with Crippen LogP contribution in [0.2, 0.25) is 0 Å². The van der Waals surface area contributed by atoms with E-state index in [-0.39, 0.29) is 32.2 Å². The van der Waals surface area contributed by atoms with Gasteiger partial charge in [-0.3, -0.25) is 4.79 Å². The largest absolute Gasteiger partial charge is 0.481 e. The third-order valence-electron chi connectivity index (χ3n) is 3.95. The molecule has 2 fully saturated rings. The van der Waals surface area contributed by atoms with Crippen LogP contribution in [0.15, 0.2) is 0 Å². The molecular formula is C12H21N3O5S. The number of amides is 2. The van der Waals surface area contributed by atoms with Gasteiger partial charge in [0.05, 0.1) is 12.2 Å². The zero-order valence-corrected chi connectivity index (χ0v) is 12.9. The molecule has 0 aliphatic carbocycles. The number of carbonyl (C=O) groups excluding carboxylic acids is 1. The fourth-order valence-corrected chi connectivity index (χ4v) is 3.59. The van der Waals surface area contributed by atoms with Gasteiger partial charge in [0.1, 0.15) is 0 Å². The van der Waals surface area contributed by atoms with Gasteiger partial charge in [-0.2, -0.15) is 4.31 Å². The monoisotopic (exact) mass is 319 g/mol. The Bertz CT molecular complexity index is 515. The van der Waals surface area contributed by atoms with Gasteiger partial charge in [0.15, 0.2) is 0 Å². The van der Waals surface area contributed by atoms with Gasteiger partial charge in [-0.15, -0.1) is 0 Å². The van der Waals surface area contributed by atoms with Crippen molar-refractivity contribution < 1.29 is 23.1 Å². The summed E-state index contributed by atoms with van der Waals surface area (Å²) in [7, 11) is -3.47. The van der Waals surface area contributed by atoms with Crippen molar-refractivity contribution in [3.8, 4) is 0 Å². The molecule has 0 aromatic rings. The normalized spacial score (nSPS) is 24.9. The number of hydrogen-bond donors (Lipinski definition) is 1. The predicted octanol–water partition coefficient (Wildman–Crippen LogP) is -0.520. The van der Waals surface area contributed by atoms with Gasteiger partial charge < -0.3 is 14.9 Å². The van der Waals surface area contributed by atoms with Crippen LogP contribution in [-0.4, -0.2) is 85.2 Å². The average Bonchev–Trinajstić information content (AvgIpc) is 2.81. The molecule has 0 aromatic heterocycles. The lowest BCUT2D eigenvalue weighted by atomic mass is 10.1. The number of carboxylic acid groups (broad SMARTS) is 1. The standard InChI is InChI=1S/C12H21N3O5S/c1-21(19,20)15-7-6-14(8-10(9-15)11(16)17)12(18)13-4-2-3-5-13/h10H,2-9H2,1H3,(H,16,17). The van der Waals surface area contributed by atoms with Crippen LogP contribution >= 0.6 is 0 Å². The minimum Gasteiger partial charge on any atom is -0.481 e. The topological polar surface area (TPSA) is 98.2 Å². The van der Waals surface area contributed by atoms with E-state index in [1.165, 1.54) is 4.90 Å². The van der Waals surface area contributed by atoms with Crippen molar-refractivity contribution in [2.24, 2.45) is 5.92 Å². The number of hydrogen-bond acceptors (Lipinski definition) is 4. The number of aliphatic carboxylic acids is 1. The quantitative estimate of drug-likeness (QED) is 0.738. The van der Waals surface area contributed by atoms with E-state index < -0.39 is 21.9 Å². The van der Waals surface area contributed by atoms with Crippen LogP contribution in [0.1, 0.15) is 12.8 Å². The fourth-order valence-electron chi connectivity index (χ4n) is 2.72. The van der Waals surface area contributed by atoms with Crippen molar-refractivity contribution in [1.29, 1.82) is 0 Å². The SMILES string of the molecule is CS(=O)(=O)N1CCN(C(=O)N2CCCC2)CC(C(=O)O)C1. The Morgan fingerprint density at radius 3 is 2.14 bits per heavy atom. The lowest BCUT2D eigenvalue weighted by Crippen LogP contribution is -2.45. The first-order valence-electron chi connectivity index (χ1n) is 7.01. The molecule has 120 valence electrons. The maximum atomic E-state index is 12.4. The van der Waals surface area contributed by atoms with E-state index in [1.807, 2.05) is 0 Å². The number of urea groups is 1. The van der Waals surface area contributed by atoms with Crippen molar-refractivity contribution in [2.45, 2.75) is 12.8 Å². The lowest BCUT2D eigenvalue weighted by molar-refractivity contribution is -0.142. The second-order valence-corrected chi connectivity index (χ2v) is 7.56. The first-order valence-corrected chi connectivity index (χ1v) is 8.85. The summed E-state index contributed by atoms with van der Waals surface area (Å²) in [5, 5.41) is 9.24. The van der Waals surface area contributed by atoms with E-state index >= 15 is 0 Å². The first kappa shape index (κ1) is 16.0. The molecule has 2 heterocycles. The number of sulfonamides is 1. The molecule has 8 nitrogen and oxygen atoms in total. The van der Waals surface area contributed by atoms with Crippen LogP contribution < -0.4 is 0 Å². The molecule has 0 aromatic carbocycles. The Balaban J connectivity index is 2.13. The molecule has 0 bridgehead atoms. The summed E-state index contributed by atoms with van der Waals surface area (Å²) in [6.07, 6.45) is 2.97. The van der Waals surface area contributed by atoms with Crippen molar-refractivity contribution >= 4 is 22.0 Å². The Morgan fingerprint density at radius 1 is 1.00 bits per heavy atom. The number of rotatable bonds is 2. The smallest absolute Gasteiger partial charge is 0.320 e. The molecule has 2 aliphatic heterocycles. The molecule has 9 heteroatoms. The summed E-state index contributed by atoms with van der Waals surface area (Å²) in [5.41, 5.74) is 0. The fraction of sp³-hybridized carbons (Fsp3) is 0.833. The molecule has 0 radical (unpaired) electrons. The van der Waals surface area contributed by atoms with Crippen LogP contribution in [0.25, 0.3) is 0 Å². The Morgan fingerprint density at radius 2 is 1.62 bits per heavy atom. The number of carboxylic acids is 1. The zero-order valence-electron chi connectivity index (χ0n) is 12.1. The van der Waals surface area contributed by atoms with Gasteiger partial charge >= 0.3 is 12.0 Å². The maximum Gasteiger partial charge on any atom is 0.320 e. The predicted molar refractivity (Wildman–Crippen MR) is 75.3 cm³/mol. The van der Waals surface area contributed by atoms with Gasteiger partial charge in [0.2, 0.25) is 10.0 Å². The van der Waals surface area contributed by atoms with Gasteiger partial charge in [-0.1, -0.05) is 0 Å². The number of carbonyl (C=O) groups is 2. The van der Waals surface area contributed by atoms with E-state index in [1.54, 1.807) is 4.90 Å². The Hall–Kier alpha value is -1.35. The van der Waals surface area contributed by atoms with Crippen LogP contribution in [0, 0.1) is 5.92 Å². The minimum absolute atomic E-state index is 0.0523. The van der Waals surface area contributed by atoms with Crippen LogP contribution in [-0.2, 0) is 14.8 Å². The molecule has 2 aliphatic rings. The Labute approximate surface area is 124 Å². The molecule has 1 unspecified atom stereocenters. The van der Waals surface area contributed by atoms with Crippen molar-refractivity contribution in [3.05, 3.63) is 0 Å². The first-order chi connectivity index (χ1) is 9.79. The van der Waals surface area contributed by atoms with Crippen LogP contribution in [0.3, 0.4) is 0 Å². The molecule has 21 heavy (non-hydrogen) atoms. The van der Waals surface area contributed by atoms with E-state index in [9.17, 15) is 23.1 Å². The molecule has 0 spiro atoms. The molecule has 1 atom stereocenters. The van der Waals surface area contributed by atoms with Gasteiger partial charge in [-0.25, -0.2) is 13.2 Å². The molecule has 0 saturated carbocycles. The van der Waals surface area contributed by atoms with Crippen molar-refractivity contribution in [1.82, 2.24) is 14.1 Å². The summed E-state index contributed by atoms with van der Waals surface area (Å²) in [6.45, 7) is 1.70. The number of nitrogens with zero attached hydrogens (tertiary/aromatic N) is 3. The highest BCUT2D eigenvalue weighted by molar-refractivity contribution is 7.88. The summed E-state index contributed by atoms with van der Waals surface area (Å²) < 4.78 is 24.5. The molecule has 1 N–H and O–H groups in total. The van der Waals surface area contributed by atoms with E-state index in [0.717, 1.165) is 23.4 Å². The second kappa shape index (κ2) is 6.18. The zero-order chi connectivity index (χ0) is 15.6. The molecule has 2 amide bonds. The molecular weight excluding hydrogens is 298 g/mol. The summed E-state index contributed by atoms with van der Waals surface area (Å²) >= 11 is 0. The number of likely N-dealkylation sites (tertiary alicyclic amines) is 1. The van der Waals surface area contributed by atoms with Crippen molar-refractivity contribution in [3.63, 3.8) is 0 Å². The lowest BCUT2D eigenvalue weighted by Gasteiger charge is -2.27. The van der Waals surface area contributed by atoms with E-state index in [4.69, 9.17) is 0 Å². The van der Waals surface area contributed by atoms with Crippen molar-refractivity contribution in [2.75, 3.05) is 45.5 Å². The Kier molecular flexibility index (Phi) is 4.72. The average molecular weight is 319 g/mol. The summed E-state index contributed by atoms with van der Waals surface area (Å²) in [6, 6.07) is -0.186. The van der Waals surface area contributed by atoms with E-state index in [0.29, 0.717) is 13.1 Å². The second-order valence-electron chi connectivity index (χ2n) is 5.58. The highest BCUT2D eigenvalue weighted by Crippen LogP contribution is 2.17. The maximum absolute atomic E-state index is 12.4. The van der Waals surface area contributed by atoms with Crippen LogP contribution in [0.5, 0.6) is 0 Å². The highest BCUT2D eigenvalue weighted by Gasteiger charge is 2.34. The highest BCUT2D eigenvalue weighted by atomic mass is 32.2. The van der Waals surface area contributed by atoms with Gasteiger partial charge in [0.25, 0.3) is 0 Å². The minimum atomic E-state index is -3.47. The summed E-state index contributed by atoms with van der Waals surface area (Å²) in [5.74, 6) is -1.97. The molecule has 2 saturated heterocycles. The summed E-state index contributed by atoms with van der Waals surface area (Å²) in [4.78, 5) is 26.8. The van der Waals surface area contributed by atoms with Gasteiger partial charge in [-0.05, 0) is 12.8 Å².